The number of benzene rings is 2. The van der Waals surface area contributed by atoms with Gasteiger partial charge in [-0.2, -0.15) is 4.31 Å². The number of aromatic hydroxyl groups is 2. The highest BCUT2D eigenvalue weighted by Crippen LogP contribution is 2.38. The van der Waals surface area contributed by atoms with Crippen LogP contribution in [0.2, 0.25) is 0 Å². The predicted octanol–water partition coefficient (Wildman–Crippen LogP) is 3.47. The van der Waals surface area contributed by atoms with E-state index in [2.05, 4.69) is 15.5 Å². The average Bonchev–Trinajstić information content (AvgIpc) is 3.53. The molecule has 0 bridgehead atoms. The van der Waals surface area contributed by atoms with Gasteiger partial charge in [0.2, 0.25) is 21.8 Å². The zero-order valence-corrected chi connectivity index (χ0v) is 29.6. The number of amides is 3. The van der Waals surface area contributed by atoms with Crippen molar-refractivity contribution in [1.82, 2.24) is 34.2 Å². The molecule has 3 amide bonds. The number of nitrogens with zero attached hydrogens (tertiary/aromatic N) is 6. The Morgan fingerprint density at radius 3 is 2.18 bits per heavy atom. The van der Waals surface area contributed by atoms with Crippen LogP contribution in [-0.4, -0.2) is 117 Å². The average molecular weight is 712 g/mol. The van der Waals surface area contributed by atoms with E-state index in [-0.39, 0.29) is 70.4 Å². The molecule has 0 saturated carbocycles. The van der Waals surface area contributed by atoms with Gasteiger partial charge in [-0.3, -0.25) is 14.2 Å². The molecule has 3 heterocycles. The van der Waals surface area contributed by atoms with Crippen LogP contribution in [0.3, 0.4) is 0 Å². The smallest absolute Gasteiger partial charge is 0.407 e. The Kier molecular flexibility index (Phi) is 11.0. The highest BCUT2D eigenvalue weighted by atomic mass is 32.2. The Hall–Kier alpha value is -4.70. The molecule has 0 aliphatic carbocycles. The minimum Gasteiger partial charge on any atom is -0.508 e. The summed E-state index contributed by atoms with van der Waals surface area (Å²) in [5.74, 6) is -0.953. The molecule has 2 aromatic carbocycles. The number of aromatic nitrogens is 3. The lowest BCUT2D eigenvalue weighted by atomic mass is 9.92. The number of piperidine rings is 2. The summed E-state index contributed by atoms with van der Waals surface area (Å²) in [5, 5.41) is 41.3. The van der Waals surface area contributed by atoms with Gasteiger partial charge in [-0.25, -0.2) is 13.2 Å². The molecule has 0 spiro atoms. The number of likely N-dealkylation sites (tertiary alicyclic amines) is 1. The Morgan fingerprint density at radius 1 is 0.960 bits per heavy atom. The first kappa shape index (κ1) is 36.6. The van der Waals surface area contributed by atoms with Crippen molar-refractivity contribution >= 4 is 27.9 Å². The summed E-state index contributed by atoms with van der Waals surface area (Å²) in [5.41, 5.74) is 1.18. The van der Waals surface area contributed by atoms with Gasteiger partial charge in [-0.15, -0.1) is 10.2 Å². The van der Waals surface area contributed by atoms with Gasteiger partial charge in [0.1, 0.15) is 11.5 Å². The van der Waals surface area contributed by atoms with Crippen molar-refractivity contribution in [1.29, 1.82) is 0 Å². The molecule has 5 rings (SSSR count). The molecule has 4 N–H and O–H groups in total. The standard InChI is InChI=1S/C34H45N7O8S/c1-5-35-32(44)31-37-36-30(27-18-26(21(2)3)28(42)19-29(27)43)41(31)24-6-8-25(9-7-24)50(48,49)40-16-12-23(13-17-40)33(45)39-14-10-22(11-15-39)20-38(4)34(46)47/h6-9,18-19,21-23,42-43H,5,10-17,20H2,1-4H3,(H,35,44)(H,46,47). The van der Waals surface area contributed by atoms with E-state index < -0.39 is 22.0 Å². The van der Waals surface area contributed by atoms with Crippen LogP contribution in [0.5, 0.6) is 11.5 Å². The second kappa shape index (κ2) is 15.0. The SMILES string of the molecule is CCNC(=O)c1nnc(-c2cc(C(C)C)c(O)cc2O)n1-c1ccc(S(=O)(=O)N2CCC(C(=O)N3CCC(CN(C)C(=O)O)CC3)CC2)cc1. The topological polar surface area (TPSA) is 198 Å². The third-order valence-corrected chi connectivity index (χ3v) is 11.4. The van der Waals surface area contributed by atoms with Gasteiger partial charge in [0.15, 0.2) is 5.82 Å². The maximum atomic E-state index is 13.7. The van der Waals surface area contributed by atoms with Gasteiger partial charge in [0.05, 0.1) is 10.5 Å². The van der Waals surface area contributed by atoms with E-state index in [1.807, 2.05) is 18.7 Å². The van der Waals surface area contributed by atoms with Crippen LogP contribution in [0.25, 0.3) is 17.1 Å². The number of phenolic OH excluding ortho intramolecular Hbond substituents is 2. The van der Waals surface area contributed by atoms with E-state index >= 15 is 0 Å². The first-order valence-corrected chi connectivity index (χ1v) is 18.3. The molecule has 0 unspecified atom stereocenters. The molecule has 0 radical (unpaired) electrons. The van der Waals surface area contributed by atoms with Gasteiger partial charge in [-0.1, -0.05) is 13.8 Å². The Balaban J connectivity index is 1.30. The lowest BCUT2D eigenvalue weighted by molar-refractivity contribution is -0.138. The van der Waals surface area contributed by atoms with E-state index in [1.165, 1.54) is 44.1 Å². The number of carbonyl (C=O) groups excluding carboxylic acids is 2. The number of sulfonamides is 1. The molecule has 3 aromatic rings. The number of rotatable bonds is 10. The second-order valence-electron chi connectivity index (χ2n) is 13.2. The molecule has 2 fully saturated rings. The van der Waals surface area contributed by atoms with Crippen LogP contribution in [0.15, 0.2) is 41.3 Å². The van der Waals surface area contributed by atoms with Crippen LogP contribution < -0.4 is 5.32 Å². The number of carboxylic acid groups (broad SMARTS) is 1. The van der Waals surface area contributed by atoms with E-state index in [9.17, 15) is 33.0 Å². The third-order valence-electron chi connectivity index (χ3n) is 9.53. The molecular formula is C34H45N7O8S. The largest absolute Gasteiger partial charge is 0.508 e. The first-order chi connectivity index (χ1) is 23.7. The maximum Gasteiger partial charge on any atom is 0.407 e. The fourth-order valence-corrected chi connectivity index (χ4v) is 8.11. The quantitative estimate of drug-likeness (QED) is 0.242. The summed E-state index contributed by atoms with van der Waals surface area (Å²) in [6.45, 7) is 7.79. The third kappa shape index (κ3) is 7.55. The van der Waals surface area contributed by atoms with Crippen molar-refractivity contribution in [2.45, 2.75) is 57.3 Å². The van der Waals surface area contributed by atoms with Crippen molar-refractivity contribution < 1.29 is 38.1 Å². The molecule has 270 valence electrons. The van der Waals surface area contributed by atoms with E-state index in [4.69, 9.17) is 5.11 Å². The molecular weight excluding hydrogens is 666 g/mol. The zero-order chi connectivity index (χ0) is 36.3. The van der Waals surface area contributed by atoms with Crippen LogP contribution in [0.4, 0.5) is 4.79 Å². The minimum atomic E-state index is -3.90. The van der Waals surface area contributed by atoms with Crippen molar-refractivity contribution in [2.75, 3.05) is 46.3 Å². The number of nitrogens with one attached hydrogen (secondary N) is 1. The Morgan fingerprint density at radius 2 is 1.60 bits per heavy atom. The molecule has 1 aromatic heterocycles. The van der Waals surface area contributed by atoms with Crippen LogP contribution in [0, 0.1) is 11.8 Å². The van der Waals surface area contributed by atoms with Gasteiger partial charge in [-0.05, 0) is 80.3 Å². The summed E-state index contributed by atoms with van der Waals surface area (Å²) in [7, 11) is -2.36. The Bertz CT molecular complexity index is 1830. The molecule has 0 atom stereocenters. The highest BCUT2D eigenvalue weighted by Gasteiger charge is 2.35. The first-order valence-electron chi connectivity index (χ1n) is 16.9. The Labute approximate surface area is 291 Å². The molecule has 2 saturated heterocycles. The molecule has 15 nitrogen and oxygen atoms in total. The van der Waals surface area contributed by atoms with Gasteiger partial charge in [0.25, 0.3) is 5.91 Å². The second-order valence-corrected chi connectivity index (χ2v) is 15.2. The lowest BCUT2D eigenvalue weighted by Crippen LogP contribution is -2.47. The van der Waals surface area contributed by atoms with Crippen LogP contribution >= 0.6 is 0 Å². The van der Waals surface area contributed by atoms with Crippen molar-refractivity contribution in [3.05, 3.63) is 47.8 Å². The van der Waals surface area contributed by atoms with Gasteiger partial charge >= 0.3 is 6.09 Å². The molecule has 50 heavy (non-hydrogen) atoms. The summed E-state index contributed by atoms with van der Waals surface area (Å²) >= 11 is 0. The fraction of sp³-hybridized carbons (Fsp3) is 0.500. The van der Waals surface area contributed by atoms with E-state index in [0.29, 0.717) is 50.3 Å². The number of hydrogen-bond donors (Lipinski definition) is 4. The monoisotopic (exact) mass is 711 g/mol. The summed E-state index contributed by atoms with van der Waals surface area (Å²) in [6, 6.07) is 8.76. The summed E-state index contributed by atoms with van der Waals surface area (Å²) < 4.78 is 30.2. The van der Waals surface area contributed by atoms with Crippen molar-refractivity contribution in [2.24, 2.45) is 11.8 Å². The van der Waals surface area contributed by atoms with E-state index in [1.54, 1.807) is 20.0 Å². The van der Waals surface area contributed by atoms with Crippen molar-refractivity contribution in [3.63, 3.8) is 0 Å². The predicted molar refractivity (Wildman–Crippen MR) is 184 cm³/mol. The van der Waals surface area contributed by atoms with Crippen LogP contribution in [0.1, 0.15) is 68.6 Å². The number of carbonyl (C=O) groups is 3. The fourth-order valence-electron chi connectivity index (χ4n) is 6.64. The number of phenols is 2. The zero-order valence-electron chi connectivity index (χ0n) is 28.7. The van der Waals surface area contributed by atoms with Crippen molar-refractivity contribution in [3.8, 4) is 28.6 Å². The minimum absolute atomic E-state index is 0.0179. The lowest BCUT2D eigenvalue weighted by Gasteiger charge is -2.37. The highest BCUT2D eigenvalue weighted by molar-refractivity contribution is 7.89. The van der Waals surface area contributed by atoms with Gasteiger partial charge in [0, 0.05) is 64.0 Å². The maximum absolute atomic E-state index is 13.7. The normalized spacial score (nSPS) is 16.5. The van der Waals surface area contributed by atoms with Gasteiger partial charge < -0.3 is 30.4 Å². The van der Waals surface area contributed by atoms with Crippen LogP contribution in [-0.2, 0) is 14.8 Å². The molecule has 2 aliphatic heterocycles. The summed E-state index contributed by atoms with van der Waals surface area (Å²) in [4.78, 5) is 40.6. The molecule has 2 aliphatic rings. The summed E-state index contributed by atoms with van der Waals surface area (Å²) in [6.07, 6.45) is 1.27. The number of hydrogen-bond acceptors (Lipinski definition) is 9. The van der Waals surface area contributed by atoms with E-state index in [0.717, 1.165) is 12.8 Å². The molecule has 16 heteroatoms.